The summed E-state index contributed by atoms with van der Waals surface area (Å²) in [5.41, 5.74) is 0.319. The lowest BCUT2D eigenvalue weighted by Gasteiger charge is -2.13. The SMILES string of the molecule is O=C(CCc1ncc(-c2c(F)cccc2F)o1)OCCN1C(=O)c2ccccc2C1=O. The Morgan fingerprint density at radius 2 is 1.65 bits per heavy atom. The van der Waals surface area contributed by atoms with Gasteiger partial charge < -0.3 is 9.15 Å². The van der Waals surface area contributed by atoms with E-state index < -0.39 is 29.4 Å². The second-order valence-electron chi connectivity index (χ2n) is 6.74. The van der Waals surface area contributed by atoms with E-state index in [0.717, 1.165) is 17.0 Å². The van der Waals surface area contributed by atoms with E-state index >= 15 is 0 Å². The molecule has 0 unspecified atom stereocenters. The molecule has 31 heavy (non-hydrogen) atoms. The number of benzene rings is 2. The van der Waals surface area contributed by atoms with E-state index in [1.807, 2.05) is 0 Å². The maximum absolute atomic E-state index is 13.8. The minimum atomic E-state index is -0.782. The van der Waals surface area contributed by atoms with Crippen LogP contribution in [0.3, 0.4) is 0 Å². The Balaban J connectivity index is 1.27. The van der Waals surface area contributed by atoms with Gasteiger partial charge in [-0.25, -0.2) is 13.8 Å². The molecule has 1 aromatic heterocycles. The molecule has 1 aliphatic heterocycles. The molecule has 2 aromatic carbocycles. The van der Waals surface area contributed by atoms with E-state index in [4.69, 9.17) is 9.15 Å². The number of aromatic nitrogens is 1. The summed E-state index contributed by atoms with van der Waals surface area (Å²) in [6.45, 7) is -0.213. The van der Waals surface area contributed by atoms with Crippen LogP contribution in [0.5, 0.6) is 0 Å². The number of hydrogen-bond donors (Lipinski definition) is 0. The van der Waals surface area contributed by atoms with Crippen molar-refractivity contribution in [3.05, 3.63) is 77.3 Å². The summed E-state index contributed by atoms with van der Waals surface area (Å²) in [6, 6.07) is 9.92. The summed E-state index contributed by atoms with van der Waals surface area (Å²) in [5, 5.41) is 0. The predicted molar refractivity (Wildman–Crippen MR) is 103 cm³/mol. The zero-order valence-electron chi connectivity index (χ0n) is 16.1. The summed E-state index contributed by atoms with van der Waals surface area (Å²) in [5.74, 6) is -2.97. The zero-order chi connectivity index (χ0) is 22.0. The molecule has 3 aromatic rings. The lowest BCUT2D eigenvalue weighted by atomic mass is 10.1. The molecule has 9 heteroatoms. The third-order valence-electron chi connectivity index (χ3n) is 4.76. The molecule has 0 N–H and O–H groups in total. The fourth-order valence-electron chi connectivity index (χ4n) is 3.25. The fraction of sp³-hybridized carbons (Fsp3) is 0.182. The highest BCUT2D eigenvalue weighted by molar-refractivity contribution is 6.21. The minimum absolute atomic E-state index is 0.0575. The summed E-state index contributed by atoms with van der Waals surface area (Å²) >= 11 is 0. The van der Waals surface area contributed by atoms with Crippen LogP contribution in [-0.2, 0) is 16.0 Å². The first-order valence-electron chi connectivity index (χ1n) is 9.45. The Bertz CT molecular complexity index is 1120. The Morgan fingerprint density at radius 3 is 2.29 bits per heavy atom. The van der Waals surface area contributed by atoms with Gasteiger partial charge in [0.1, 0.15) is 18.2 Å². The van der Waals surface area contributed by atoms with E-state index in [1.165, 1.54) is 12.3 Å². The van der Waals surface area contributed by atoms with Crippen LogP contribution in [-0.4, -0.2) is 40.8 Å². The molecule has 2 heterocycles. The molecule has 0 saturated heterocycles. The van der Waals surface area contributed by atoms with Crippen molar-refractivity contribution >= 4 is 17.8 Å². The number of esters is 1. The first-order chi connectivity index (χ1) is 15.0. The van der Waals surface area contributed by atoms with Crippen molar-refractivity contribution in [2.24, 2.45) is 0 Å². The molecule has 0 bridgehead atoms. The molecule has 0 atom stereocenters. The Labute approximate surface area is 175 Å². The zero-order valence-corrected chi connectivity index (χ0v) is 16.1. The van der Waals surface area contributed by atoms with Crippen molar-refractivity contribution in [1.82, 2.24) is 9.88 Å². The van der Waals surface area contributed by atoms with Crippen LogP contribution in [0.4, 0.5) is 8.78 Å². The third kappa shape index (κ3) is 4.07. The van der Waals surface area contributed by atoms with Crippen molar-refractivity contribution in [1.29, 1.82) is 0 Å². The van der Waals surface area contributed by atoms with E-state index in [-0.39, 0.29) is 43.2 Å². The van der Waals surface area contributed by atoms with Crippen LogP contribution < -0.4 is 0 Å². The number of carbonyl (C=O) groups excluding carboxylic acids is 3. The molecular weight excluding hydrogens is 410 g/mol. The van der Waals surface area contributed by atoms with E-state index in [0.29, 0.717) is 11.1 Å². The Kier molecular flexibility index (Phi) is 5.57. The summed E-state index contributed by atoms with van der Waals surface area (Å²) in [6.07, 6.45) is 1.15. The van der Waals surface area contributed by atoms with Crippen LogP contribution >= 0.6 is 0 Å². The second kappa shape index (κ2) is 8.47. The number of oxazole rings is 1. The van der Waals surface area contributed by atoms with Crippen LogP contribution in [0.15, 0.2) is 53.1 Å². The summed E-state index contributed by atoms with van der Waals surface area (Å²) < 4.78 is 38.0. The largest absolute Gasteiger partial charge is 0.464 e. The van der Waals surface area contributed by atoms with Gasteiger partial charge in [0, 0.05) is 6.42 Å². The molecule has 158 valence electrons. The van der Waals surface area contributed by atoms with Crippen molar-refractivity contribution in [3.63, 3.8) is 0 Å². The average molecular weight is 426 g/mol. The highest BCUT2D eigenvalue weighted by Gasteiger charge is 2.34. The van der Waals surface area contributed by atoms with E-state index in [1.54, 1.807) is 24.3 Å². The van der Waals surface area contributed by atoms with Gasteiger partial charge in [-0.1, -0.05) is 18.2 Å². The highest BCUT2D eigenvalue weighted by Crippen LogP contribution is 2.27. The number of ether oxygens (including phenoxy) is 1. The van der Waals surface area contributed by atoms with Crippen LogP contribution in [0.2, 0.25) is 0 Å². The molecule has 0 spiro atoms. The lowest BCUT2D eigenvalue weighted by Crippen LogP contribution is -2.33. The van der Waals surface area contributed by atoms with Gasteiger partial charge in [0.2, 0.25) is 0 Å². The van der Waals surface area contributed by atoms with Gasteiger partial charge >= 0.3 is 5.97 Å². The molecule has 0 saturated carbocycles. The third-order valence-corrected chi connectivity index (χ3v) is 4.76. The Hall–Kier alpha value is -3.88. The first kappa shape index (κ1) is 20.4. The maximum atomic E-state index is 13.8. The van der Waals surface area contributed by atoms with Crippen LogP contribution in [0.1, 0.15) is 33.0 Å². The number of hydrogen-bond acceptors (Lipinski definition) is 6. The van der Waals surface area contributed by atoms with E-state index in [9.17, 15) is 23.2 Å². The van der Waals surface area contributed by atoms with Crippen molar-refractivity contribution in [3.8, 4) is 11.3 Å². The van der Waals surface area contributed by atoms with Gasteiger partial charge in [-0.2, -0.15) is 0 Å². The number of aryl methyl sites for hydroxylation is 1. The number of nitrogens with zero attached hydrogens (tertiary/aromatic N) is 2. The normalized spacial score (nSPS) is 12.9. The van der Waals surface area contributed by atoms with Crippen molar-refractivity contribution in [2.45, 2.75) is 12.8 Å². The van der Waals surface area contributed by atoms with Gasteiger partial charge in [-0.3, -0.25) is 19.3 Å². The van der Waals surface area contributed by atoms with Gasteiger partial charge in [0.05, 0.1) is 35.9 Å². The van der Waals surface area contributed by atoms with Gasteiger partial charge in [-0.05, 0) is 24.3 Å². The molecule has 0 aliphatic carbocycles. The highest BCUT2D eigenvalue weighted by atomic mass is 19.1. The number of fused-ring (bicyclic) bond motifs is 1. The Morgan fingerprint density at radius 1 is 1.00 bits per heavy atom. The number of imide groups is 1. The maximum Gasteiger partial charge on any atom is 0.306 e. The molecular formula is C22H16F2N2O5. The molecule has 0 fully saturated rings. The molecule has 2 amide bonds. The van der Waals surface area contributed by atoms with Gasteiger partial charge in [-0.15, -0.1) is 0 Å². The number of amides is 2. The number of carbonyl (C=O) groups is 3. The summed E-state index contributed by atoms with van der Waals surface area (Å²) in [7, 11) is 0. The molecule has 0 radical (unpaired) electrons. The second-order valence-corrected chi connectivity index (χ2v) is 6.74. The standard InChI is InChI=1S/C22H16F2N2O5/c23-15-6-3-7-16(24)20(15)17-12-25-18(31-17)8-9-19(27)30-11-10-26-21(28)13-4-1-2-5-14(13)22(26)29/h1-7,12H,8-11H2. The number of halogens is 2. The lowest BCUT2D eigenvalue weighted by molar-refractivity contribution is -0.143. The first-order valence-corrected chi connectivity index (χ1v) is 9.45. The fourth-order valence-corrected chi connectivity index (χ4v) is 3.25. The molecule has 4 rings (SSSR count). The monoisotopic (exact) mass is 426 g/mol. The quantitative estimate of drug-likeness (QED) is 0.425. The van der Waals surface area contributed by atoms with Crippen molar-refractivity contribution in [2.75, 3.05) is 13.2 Å². The summed E-state index contributed by atoms with van der Waals surface area (Å²) in [4.78, 5) is 41.4. The number of rotatable bonds is 7. The van der Waals surface area contributed by atoms with Gasteiger partial charge in [0.15, 0.2) is 11.7 Å². The predicted octanol–water partition coefficient (Wildman–Crippen LogP) is 3.39. The minimum Gasteiger partial charge on any atom is -0.464 e. The van der Waals surface area contributed by atoms with Gasteiger partial charge in [0.25, 0.3) is 11.8 Å². The average Bonchev–Trinajstić information content (AvgIpc) is 3.31. The topological polar surface area (TPSA) is 89.7 Å². The molecule has 1 aliphatic rings. The molecule has 7 nitrogen and oxygen atoms in total. The van der Waals surface area contributed by atoms with Crippen LogP contribution in [0.25, 0.3) is 11.3 Å². The van der Waals surface area contributed by atoms with Crippen LogP contribution in [0, 0.1) is 11.6 Å². The smallest absolute Gasteiger partial charge is 0.306 e. The van der Waals surface area contributed by atoms with Crippen molar-refractivity contribution < 1.29 is 32.3 Å². The van der Waals surface area contributed by atoms with E-state index in [2.05, 4.69) is 4.98 Å².